The van der Waals surface area contributed by atoms with E-state index in [1.807, 2.05) is 13.0 Å². The number of fused-ring (bicyclic) bond motifs is 1. The van der Waals surface area contributed by atoms with E-state index in [2.05, 4.69) is 20.3 Å². The molecule has 0 bridgehead atoms. The lowest BCUT2D eigenvalue weighted by Gasteiger charge is -2.22. The van der Waals surface area contributed by atoms with Crippen LogP contribution in [0.3, 0.4) is 0 Å². The first-order chi connectivity index (χ1) is 14.6. The number of aromatic nitrogens is 4. The fraction of sp³-hybridized carbons (Fsp3) is 0.611. The molecule has 2 N–H and O–H groups in total. The smallest absolute Gasteiger partial charge is 0.222 e. The van der Waals surface area contributed by atoms with Crippen molar-refractivity contribution in [2.24, 2.45) is 0 Å². The zero-order chi connectivity index (χ0) is 21.5. The van der Waals surface area contributed by atoms with Crippen LogP contribution in [-0.4, -0.2) is 69.0 Å². The van der Waals surface area contributed by atoms with Crippen molar-refractivity contribution in [2.45, 2.75) is 51.2 Å². The molecule has 4 atom stereocenters. The summed E-state index contributed by atoms with van der Waals surface area (Å²) in [6, 6.07) is 1.97. The fourth-order valence-electron chi connectivity index (χ4n) is 3.15. The van der Waals surface area contributed by atoms with Gasteiger partial charge in [-0.05, 0) is 6.42 Å². The van der Waals surface area contributed by atoms with Crippen LogP contribution < -0.4 is 5.32 Å². The highest BCUT2D eigenvalue weighted by atomic mass is 16.7. The molecule has 3 rings (SSSR count). The van der Waals surface area contributed by atoms with Gasteiger partial charge in [-0.1, -0.05) is 6.92 Å². The van der Waals surface area contributed by atoms with Crippen LogP contribution in [-0.2, 0) is 23.7 Å². The summed E-state index contributed by atoms with van der Waals surface area (Å²) in [4.78, 5) is 24.0. The van der Waals surface area contributed by atoms with Crippen LogP contribution in [0.4, 0.5) is 5.82 Å². The van der Waals surface area contributed by atoms with Crippen molar-refractivity contribution in [3.8, 4) is 6.07 Å². The van der Waals surface area contributed by atoms with Crippen LogP contribution in [0.2, 0.25) is 0 Å². The fourth-order valence-corrected chi connectivity index (χ4v) is 3.15. The molecule has 0 aliphatic carbocycles. The highest BCUT2D eigenvalue weighted by Crippen LogP contribution is 2.35. The van der Waals surface area contributed by atoms with Gasteiger partial charge in [0, 0.05) is 6.92 Å². The first-order valence-electron chi connectivity index (χ1n) is 9.49. The van der Waals surface area contributed by atoms with E-state index in [0.717, 1.165) is 0 Å². The number of nitriles is 1. The number of hydrogen-bond donors (Lipinski definition) is 2. The summed E-state index contributed by atoms with van der Waals surface area (Å²) < 4.78 is 23.7. The molecule has 2 aromatic rings. The molecule has 1 fully saturated rings. The van der Waals surface area contributed by atoms with Gasteiger partial charge < -0.3 is 29.4 Å². The first kappa shape index (κ1) is 22.0. The molecule has 1 unspecified atom stereocenters. The predicted molar refractivity (Wildman–Crippen MR) is 102 cm³/mol. The van der Waals surface area contributed by atoms with Gasteiger partial charge in [0.25, 0.3) is 0 Å². The summed E-state index contributed by atoms with van der Waals surface area (Å²) in [6.07, 6.45) is 0.875. The predicted octanol–water partition coefficient (Wildman–Crippen LogP) is 0.700. The van der Waals surface area contributed by atoms with Gasteiger partial charge in [-0.2, -0.15) is 5.26 Å². The van der Waals surface area contributed by atoms with E-state index in [0.29, 0.717) is 17.6 Å². The minimum atomic E-state index is -0.891. The molecule has 1 saturated heterocycles. The normalized spacial score (nSPS) is 23.5. The summed E-state index contributed by atoms with van der Waals surface area (Å²) >= 11 is 0. The molecule has 162 valence electrons. The Morgan fingerprint density at radius 3 is 2.93 bits per heavy atom. The van der Waals surface area contributed by atoms with E-state index in [9.17, 15) is 9.90 Å². The molecule has 30 heavy (non-hydrogen) atoms. The molecule has 12 heteroatoms. The van der Waals surface area contributed by atoms with Gasteiger partial charge in [0.2, 0.25) is 5.91 Å². The number of carbonyl (C=O) groups excluding carboxylic acids is 1. The highest BCUT2D eigenvalue weighted by Gasteiger charge is 2.45. The zero-order valence-corrected chi connectivity index (χ0v) is 16.7. The van der Waals surface area contributed by atoms with Crippen LogP contribution in [0.15, 0.2) is 12.7 Å². The number of carbonyl (C=O) groups is 1. The number of hydrogen-bond acceptors (Lipinski definition) is 10. The van der Waals surface area contributed by atoms with Gasteiger partial charge in [-0.25, -0.2) is 15.0 Å². The van der Waals surface area contributed by atoms with Crippen LogP contribution in [0, 0.1) is 11.3 Å². The second kappa shape index (κ2) is 10.4. The maximum Gasteiger partial charge on any atom is 0.222 e. The number of imidazole rings is 1. The quantitative estimate of drug-likeness (QED) is 0.415. The van der Waals surface area contributed by atoms with Crippen LogP contribution in [0.5, 0.6) is 0 Å². The Hall–Kier alpha value is -2.69. The number of nitrogens with zero attached hydrogens (tertiary/aromatic N) is 5. The molecule has 1 aliphatic heterocycles. The molecule has 1 amide bonds. The van der Waals surface area contributed by atoms with Gasteiger partial charge in [-0.3, -0.25) is 9.36 Å². The molecule has 3 heterocycles. The third kappa shape index (κ3) is 4.89. The Bertz CT molecular complexity index is 899. The van der Waals surface area contributed by atoms with Crippen molar-refractivity contribution in [1.29, 1.82) is 5.26 Å². The van der Waals surface area contributed by atoms with Crippen LogP contribution in [0.1, 0.15) is 32.9 Å². The van der Waals surface area contributed by atoms with E-state index < -0.39 is 24.5 Å². The Balaban J connectivity index is 1.74. The van der Waals surface area contributed by atoms with Gasteiger partial charge >= 0.3 is 0 Å². The summed E-state index contributed by atoms with van der Waals surface area (Å²) in [5.74, 6) is 0.00522. The molecular formula is C18H24N6O6. The van der Waals surface area contributed by atoms with Crippen molar-refractivity contribution >= 4 is 22.9 Å². The Labute approximate surface area is 172 Å². The first-order valence-corrected chi connectivity index (χ1v) is 9.49. The lowest BCUT2D eigenvalue weighted by atomic mass is 10.1. The summed E-state index contributed by atoms with van der Waals surface area (Å²) in [6.45, 7) is 3.37. The molecule has 0 spiro atoms. The largest absolute Gasteiger partial charge is 0.388 e. The second-order valence-electron chi connectivity index (χ2n) is 6.58. The lowest BCUT2D eigenvalue weighted by molar-refractivity contribution is -0.174. The number of nitrogens with one attached hydrogen (secondary N) is 1. The molecule has 0 aromatic carbocycles. The monoisotopic (exact) mass is 420 g/mol. The van der Waals surface area contributed by atoms with E-state index in [4.69, 9.17) is 24.2 Å². The molecule has 2 aromatic heterocycles. The van der Waals surface area contributed by atoms with Crippen molar-refractivity contribution in [3.05, 3.63) is 12.7 Å². The average Bonchev–Trinajstić information content (AvgIpc) is 3.28. The third-order valence-corrected chi connectivity index (χ3v) is 4.51. The molecular weight excluding hydrogens is 396 g/mol. The Morgan fingerprint density at radius 1 is 1.37 bits per heavy atom. The number of rotatable bonds is 10. The molecule has 0 radical (unpaired) electrons. The van der Waals surface area contributed by atoms with Gasteiger partial charge in [0.1, 0.15) is 32.1 Å². The summed E-state index contributed by atoms with van der Waals surface area (Å²) in [5.41, 5.74) is 0.823. The lowest BCUT2D eigenvalue weighted by Crippen LogP contribution is -2.34. The van der Waals surface area contributed by atoms with Crippen molar-refractivity contribution in [1.82, 2.24) is 19.5 Å². The minimum absolute atomic E-state index is 0.0332. The maximum atomic E-state index is 11.4. The Morgan fingerprint density at radius 2 is 2.20 bits per heavy atom. The number of ether oxygens (including phenoxy) is 4. The Kier molecular flexibility index (Phi) is 7.61. The number of aliphatic hydroxyl groups excluding tert-OH is 1. The van der Waals surface area contributed by atoms with Crippen molar-refractivity contribution in [3.63, 3.8) is 0 Å². The maximum absolute atomic E-state index is 11.4. The topological polar surface area (TPSA) is 154 Å². The van der Waals surface area contributed by atoms with Crippen LogP contribution in [0.25, 0.3) is 11.2 Å². The van der Waals surface area contributed by atoms with Crippen molar-refractivity contribution in [2.75, 3.05) is 25.5 Å². The molecule has 12 nitrogen and oxygen atoms in total. The molecule has 1 aliphatic rings. The number of anilines is 1. The van der Waals surface area contributed by atoms with E-state index in [1.165, 1.54) is 19.6 Å². The zero-order valence-electron chi connectivity index (χ0n) is 16.7. The van der Waals surface area contributed by atoms with E-state index in [1.54, 1.807) is 4.57 Å². The standard InChI is InChI=1S/C18H24N6O6/c1-3-12-14(26)15(29-10-28-9-27-6-4-5-19)18(30-12)24-8-22-13-16(23-11(2)25)20-7-21-17(13)24/h7-8,12,14-15,18,26H,3-4,6,9-10H2,1-2H3,(H,20,21,23,25)/t12-,14+,15?,18-/m1/s1. The van der Waals surface area contributed by atoms with E-state index >= 15 is 0 Å². The third-order valence-electron chi connectivity index (χ3n) is 4.51. The van der Waals surface area contributed by atoms with E-state index in [-0.39, 0.29) is 38.3 Å². The summed E-state index contributed by atoms with van der Waals surface area (Å²) in [7, 11) is 0. The highest BCUT2D eigenvalue weighted by molar-refractivity contribution is 5.95. The summed E-state index contributed by atoms with van der Waals surface area (Å²) in [5, 5.41) is 21.7. The average molecular weight is 420 g/mol. The van der Waals surface area contributed by atoms with Crippen LogP contribution >= 0.6 is 0 Å². The number of amides is 1. The van der Waals surface area contributed by atoms with Gasteiger partial charge in [0.05, 0.1) is 31.5 Å². The van der Waals surface area contributed by atoms with Gasteiger partial charge in [-0.15, -0.1) is 0 Å². The minimum Gasteiger partial charge on any atom is -0.388 e. The number of aliphatic hydroxyl groups is 1. The molecule has 0 saturated carbocycles. The SMILES string of the molecule is CC[C@H]1O[C@@H](n2cnc3c(NC(C)=O)ncnc32)C(OCOCOCCC#N)[C@H]1O. The van der Waals surface area contributed by atoms with Crippen molar-refractivity contribution < 1.29 is 28.8 Å². The van der Waals surface area contributed by atoms with Gasteiger partial charge in [0.15, 0.2) is 23.2 Å². The second-order valence-corrected chi connectivity index (χ2v) is 6.58.